The molecule has 0 aliphatic carbocycles. The van der Waals surface area contributed by atoms with Gasteiger partial charge in [-0.05, 0) is 40.5 Å². The molecule has 0 radical (unpaired) electrons. The Bertz CT molecular complexity index is 223. The maximum Gasteiger partial charge on any atom is 0.408 e. The number of aliphatic hydroxyl groups excluding tert-OH is 1. The summed E-state index contributed by atoms with van der Waals surface area (Å²) in [4.78, 5) is 11.6. The third-order valence-electron chi connectivity index (χ3n) is 2.21. The predicted molar refractivity (Wildman–Crippen MR) is 64.4 cm³/mol. The second-order valence-electron chi connectivity index (χ2n) is 5.48. The van der Waals surface area contributed by atoms with Crippen molar-refractivity contribution in [1.29, 1.82) is 0 Å². The summed E-state index contributed by atoms with van der Waals surface area (Å²) in [5.41, 5.74) is -1.09. The van der Waals surface area contributed by atoms with Crippen molar-refractivity contribution in [2.75, 3.05) is 6.61 Å². The SMILES string of the molecule is CCCCC(C)(CO)OC(=O)NC(C)(C)C. The fourth-order valence-electron chi connectivity index (χ4n) is 1.27. The van der Waals surface area contributed by atoms with E-state index in [4.69, 9.17) is 4.74 Å². The maximum absolute atomic E-state index is 11.6. The average molecular weight is 231 g/mol. The molecule has 0 aromatic heterocycles. The smallest absolute Gasteiger partial charge is 0.408 e. The molecule has 0 bridgehead atoms. The van der Waals surface area contributed by atoms with Gasteiger partial charge >= 0.3 is 6.09 Å². The lowest BCUT2D eigenvalue weighted by Gasteiger charge is -2.29. The molecule has 4 heteroatoms. The second-order valence-corrected chi connectivity index (χ2v) is 5.48. The lowest BCUT2D eigenvalue weighted by Crippen LogP contribution is -2.46. The summed E-state index contributed by atoms with van der Waals surface area (Å²) in [6, 6.07) is 0. The average Bonchev–Trinajstić information content (AvgIpc) is 2.11. The highest BCUT2D eigenvalue weighted by atomic mass is 16.6. The number of ether oxygens (including phenoxy) is 1. The van der Waals surface area contributed by atoms with E-state index in [9.17, 15) is 9.90 Å². The highest BCUT2D eigenvalue weighted by Crippen LogP contribution is 2.18. The van der Waals surface area contributed by atoms with Crippen LogP contribution in [0.25, 0.3) is 0 Å². The van der Waals surface area contributed by atoms with E-state index in [-0.39, 0.29) is 12.1 Å². The molecular weight excluding hydrogens is 206 g/mol. The van der Waals surface area contributed by atoms with Gasteiger partial charge in [0.25, 0.3) is 0 Å². The minimum absolute atomic E-state index is 0.148. The van der Waals surface area contributed by atoms with Gasteiger partial charge in [0.2, 0.25) is 0 Å². The monoisotopic (exact) mass is 231 g/mol. The van der Waals surface area contributed by atoms with Crippen LogP contribution in [0.4, 0.5) is 4.79 Å². The topological polar surface area (TPSA) is 58.6 Å². The van der Waals surface area contributed by atoms with Crippen LogP contribution in [0.5, 0.6) is 0 Å². The van der Waals surface area contributed by atoms with Crippen LogP contribution < -0.4 is 5.32 Å². The number of alkyl carbamates (subject to hydrolysis) is 1. The van der Waals surface area contributed by atoms with Gasteiger partial charge in [-0.3, -0.25) is 0 Å². The van der Waals surface area contributed by atoms with E-state index in [1.54, 1.807) is 6.92 Å². The normalized spacial score (nSPS) is 15.4. The Balaban J connectivity index is 4.25. The van der Waals surface area contributed by atoms with Crippen molar-refractivity contribution in [3.63, 3.8) is 0 Å². The molecule has 0 aliphatic rings. The van der Waals surface area contributed by atoms with Crippen molar-refractivity contribution in [1.82, 2.24) is 5.32 Å². The van der Waals surface area contributed by atoms with Crippen LogP contribution in [0.1, 0.15) is 53.9 Å². The summed E-state index contributed by atoms with van der Waals surface area (Å²) in [5.74, 6) is 0. The molecule has 96 valence electrons. The summed E-state index contributed by atoms with van der Waals surface area (Å²) in [6.07, 6.45) is 2.15. The van der Waals surface area contributed by atoms with Crippen LogP contribution in [0.3, 0.4) is 0 Å². The van der Waals surface area contributed by atoms with Crippen LogP contribution in [0, 0.1) is 0 Å². The van der Waals surface area contributed by atoms with Crippen molar-refractivity contribution in [3.8, 4) is 0 Å². The first-order valence-corrected chi connectivity index (χ1v) is 5.84. The van der Waals surface area contributed by atoms with Crippen molar-refractivity contribution in [3.05, 3.63) is 0 Å². The number of aliphatic hydroxyl groups is 1. The van der Waals surface area contributed by atoms with Gasteiger partial charge in [0.05, 0.1) is 6.61 Å². The summed E-state index contributed by atoms with van der Waals surface area (Å²) in [7, 11) is 0. The molecule has 0 heterocycles. The third-order valence-corrected chi connectivity index (χ3v) is 2.21. The first-order valence-electron chi connectivity index (χ1n) is 5.84. The van der Waals surface area contributed by atoms with E-state index in [2.05, 4.69) is 12.2 Å². The van der Waals surface area contributed by atoms with Gasteiger partial charge in [0.1, 0.15) is 5.60 Å². The Hall–Kier alpha value is -0.770. The standard InChI is InChI=1S/C12H25NO3/c1-6-7-8-12(5,9-14)16-10(15)13-11(2,3)4/h14H,6-9H2,1-5H3,(H,13,15). The fourth-order valence-corrected chi connectivity index (χ4v) is 1.27. The van der Waals surface area contributed by atoms with E-state index in [1.165, 1.54) is 0 Å². The van der Waals surface area contributed by atoms with Gasteiger partial charge in [0, 0.05) is 5.54 Å². The molecule has 0 aromatic rings. The molecule has 0 aliphatic heterocycles. The summed E-state index contributed by atoms with van der Waals surface area (Å²) < 4.78 is 5.27. The first-order chi connectivity index (χ1) is 7.22. The number of amides is 1. The molecule has 0 fully saturated rings. The molecule has 1 amide bonds. The number of carbonyl (C=O) groups excluding carboxylic acids is 1. The second kappa shape index (κ2) is 6.09. The van der Waals surface area contributed by atoms with Gasteiger partial charge in [-0.25, -0.2) is 4.79 Å². The zero-order valence-electron chi connectivity index (χ0n) is 11.1. The largest absolute Gasteiger partial charge is 0.441 e. The van der Waals surface area contributed by atoms with E-state index < -0.39 is 11.7 Å². The Labute approximate surface area is 98.4 Å². The minimum Gasteiger partial charge on any atom is -0.441 e. The summed E-state index contributed by atoms with van der Waals surface area (Å²) in [5, 5.41) is 12.0. The van der Waals surface area contributed by atoms with Crippen LogP contribution in [0.2, 0.25) is 0 Å². The minimum atomic E-state index is -0.772. The molecule has 0 rings (SSSR count). The number of hydrogen-bond donors (Lipinski definition) is 2. The van der Waals surface area contributed by atoms with Crippen molar-refractivity contribution >= 4 is 6.09 Å². The Morgan fingerprint density at radius 2 is 1.88 bits per heavy atom. The van der Waals surface area contributed by atoms with Gasteiger partial charge in [-0.15, -0.1) is 0 Å². The number of unbranched alkanes of at least 4 members (excludes halogenated alkanes) is 1. The number of hydrogen-bond acceptors (Lipinski definition) is 3. The third kappa shape index (κ3) is 6.67. The molecule has 2 N–H and O–H groups in total. The van der Waals surface area contributed by atoms with Crippen LogP contribution in [0.15, 0.2) is 0 Å². The lowest BCUT2D eigenvalue weighted by molar-refractivity contribution is -0.0260. The Morgan fingerprint density at radius 3 is 2.25 bits per heavy atom. The molecule has 4 nitrogen and oxygen atoms in total. The molecule has 1 unspecified atom stereocenters. The number of rotatable bonds is 5. The molecule has 0 spiro atoms. The summed E-state index contributed by atoms with van der Waals surface area (Å²) in [6.45, 7) is 9.33. The molecule has 0 aromatic carbocycles. The van der Waals surface area contributed by atoms with Gasteiger partial charge in [0.15, 0.2) is 0 Å². The summed E-state index contributed by atoms with van der Waals surface area (Å²) >= 11 is 0. The van der Waals surface area contributed by atoms with E-state index in [0.29, 0.717) is 6.42 Å². The van der Waals surface area contributed by atoms with E-state index in [1.807, 2.05) is 20.8 Å². The molecule has 1 atom stereocenters. The number of carbonyl (C=O) groups is 1. The van der Waals surface area contributed by atoms with E-state index >= 15 is 0 Å². The van der Waals surface area contributed by atoms with Gasteiger partial charge in [-0.1, -0.05) is 13.3 Å². The van der Waals surface area contributed by atoms with Crippen molar-refractivity contribution < 1.29 is 14.6 Å². The molecule has 0 saturated carbocycles. The van der Waals surface area contributed by atoms with Crippen LogP contribution >= 0.6 is 0 Å². The fraction of sp³-hybridized carbons (Fsp3) is 0.917. The van der Waals surface area contributed by atoms with Crippen LogP contribution in [-0.2, 0) is 4.74 Å². The predicted octanol–water partition coefficient (Wildman–Crippen LogP) is 2.45. The molecule has 16 heavy (non-hydrogen) atoms. The zero-order chi connectivity index (χ0) is 12.8. The zero-order valence-corrected chi connectivity index (χ0v) is 11.1. The highest BCUT2D eigenvalue weighted by molar-refractivity contribution is 5.68. The highest BCUT2D eigenvalue weighted by Gasteiger charge is 2.28. The van der Waals surface area contributed by atoms with Crippen molar-refractivity contribution in [2.24, 2.45) is 0 Å². The number of nitrogens with one attached hydrogen (secondary N) is 1. The van der Waals surface area contributed by atoms with E-state index in [0.717, 1.165) is 12.8 Å². The molecule has 0 saturated heterocycles. The Kier molecular flexibility index (Phi) is 5.79. The maximum atomic E-state index is 11.6. The molecular formula is C12H25NO3. The lowest BCUT2D eigenvalue weighted by atomic mass is 10.00. The van der Waals surface area contributed by atoms with Gasteiger partial charge in [-0.2, -0.15) is 0 Å². The van der Waals surface area contributed by atoms with Crippen molar-refractivity contribution in [2.45, 2.75) is 65.0 Å². The van der Waals surface area contributed by atoms with Crippen LogP contribution in [-0.4, -0.2) is 28.9 Å². The Morgan fingerprint density at radius 1 is 1.31 bits per heavy atom. The first kappa shape index (κ1) is 15.2. The van der Waals surface area contributed by atoms with Gasteiger partial charge < -0.3 is 15.2 Å². The quantitative estimate of drug-likeness (QED) is 0.764.